The van der Waals surface area contributed by atoms with E-state index in [2.05, 4.69) is 278 Å². The summed E-state index contributed by atoms with van der Waals surface area (Å²) in [6.07, 6.45) is 0. The third-order valence-corrected chi connectivity index (χ3v) is 17.6. The highest BCUT2D eigenvalue weighted by Crippen LogP contribution is 2.65. The minimum Gasteiger partial charge on any atom is -0.497 e. The molecule has 0 fully saturated rings. The van der Waals surface area contributed by atoms with Gasteiger partial charge in [-0.15, -0.1) is 0 Å². The molecule has 0 saturated heterocycles. The minimum atomic E-state index is -0.940. The van der Waals surface area contributed by atoms with Gasteiger partial charge in [0, 0.05) is 80.4 Å². The van der Waals surface area contributed by atoms with Crippen molar-refractivity contribution < 1.29 is 18.9 Å². The van der Waals surface area contributed by atoms with E-state index < -0.39 is 5.41 Å². The SMILES string of the molecule is COc1ccc(N(c2cccc(OC)c2)c2ccc3c(c2)C2(c4cc(N(c5ccc(C)cc5)c5cccc(C)c5)ccc4-3)c3cc(N(c4ccc(C)cc4)c4cccc(C)c4)ccc3-c3ccc(N(c4ccc(OC)cc4)c4cccc(OC)c4)cc32)cc1. The summed E-state index contributed by atoms with van der Waals surface area (Å²) in [5.41, 5.74) is 25.3. The zero-order valence-electron chi connectivity index (χ0n) is 51.3. The third kappa shape index (κ3) is 9.93. The fraction of sp³-hybridized carbons (Fsp3) is 0.111. The summed E-state index contributed by atoms with van der Waals surface area (Å²) in [5.74, 6) is 3.07. The molecular weight excluding hydrogens is 1090 g/mol. The summed E-state index contributed by atoms with van der Waals surface area (Å²) in [4.78, 5) is 9.49. The van der Waals surface area contributed by atoms with Crippen LogP contribution in [0.15, 0.2) is 267 Å². The highest BCUT2D eigenvalue weighted by molar-refractivity contribution is 6.00. The van der Waals surface area contributed by atoms with Crippen molar-refractivity contribution in [2.75, 3.05) is 48.0 Å². The molecule has 0 atom stereocenters. The summed E-state index contributed by atoms with van der Waals surface area (Å²) in [6, 6.07) is 97.2. The van der Waals surface area contributed by atoms with E-state index in [1.165, 1.54) is 33.4 Å². The minimum absolute atomic E-state index is 0.758. The van der Waals surface area contributed by atoms with Crippen molar-refractivity contribution in [2.45, 2.75) is 33.1 Å². The summed E-state index contributed by atoms with van der Waals surface area (Å²) < 4.78 is 23.4. The van der Waals surface area contributed by atoms with Gasteiger partial charge in [0.15, 0.2) is 0 Å². The Kier molecular flexibility index (Phi) is 14.5. The van der Waals surface area contributed by atoms with E-state index in [0.717, 1.165) is 125 Å². The van der Waals surface area contributed by atoms with Gasteiger partial charge >= 0.3 is 0 Å². The fourth-order valence-electron chi connectivity index (χ4n) is 13.4. The maximum Gasteiger partial charge on any atom is 0.120 e. The Morgan fingerprint density at radius 3 is 0.742 bits per heavy atom. The first kappa shape index (κ1) is 55.9. The first-order chi connectivity index (χ1) is 43.5. The quantitative estimate of drug-likeness (QED) is 0.0949. The lowest BCUT2D eigenvalue weighted by Crippen LogP contribution is -2.27. The Labute approximate surface area is 522 Å². The Morgan fingerprint density at radius 2 is 0.461 bits per heavy atom. The van der Waals surface area contributed by atoms with Crippen molar-refractivity contribution >= 4 is 68.2 Å². The summed E-state index contributed by atoms with van der Waals surface area (Å²) in [7, 11) is 6.86. The van der Waals surface area contributed by atoms with Crippen LogP contribution in [0.4, 0.5) is 68.2 Å². The zero-order chi connectivity index (χ0) is 60.9. The van der Waals surface area contributed by atoms with Crippen LogP contribution in [0.3, 0.4) is 0 Å². The Bertz CT molecular complexity index is 4320. The van der Waals surface area contributed by atoms with Crippen LogP contribution < -0.4 is 38.5 Å². The Balaban J connectivity index is 1.11. The molecule has 0 radical (unpaired) electrons. The van der Waals surface area contributed by atoms with Gasteiger partial charge in [-0.25, -0.2) is 0 Å². The molecule has 0 heterocycles. The second-order valence-electron chi connectivity index (χ2n) is 23.2. The van der Waals surface area contributed by atoms with Gasteiger partial charge in [0.2, 0.25) is 0 Å². The van der Waals surface area contributed by atoms with Crippen LogP contribution in [0.1, 0.15) is 44.5 Å². The molecule has 0 saturated carbocycles. The largest absolute Gasteiger partial charge is 0.497 e. The molecule has 12 aromatic carbocycles. The van der Waals surface area contributed by atoms with Crippen LogP contribution >= 0.6 is 0 Å². The number of nitrogens with zero attached hydrogens (tertiary/aromatic N) is 4. The van der Waals surface area contributed by atoms with E-state index in [1.807, 2.05) is 36.4 Å². The number of benzene rings is 12. The van der Waals surface area contributed by atoms with E-state index in [-0.39, 0.29) is 0 Å². The number of ether oxygens (including phenoxy) is 4. The summed E-state index contributed by atoms with van der Waals surface area (Å²) in [5, 5.41) is 0. The van der Waals surface area contributed by atoms with E-state index >= 15 is 0 Å². The molecule has 12 aromatic rings. The van der Waals surface area contributed by atoms with Crippen LogP contribution in [0.2, 0.25) is 0 Å². The van der Waals surface area contributed by atoms with Gasteiger partial charge < -0.3 is 38.5 Å². The lowest BCUT2D eigenvalue weighted by atomic mass is 9.70. The number of rotatable bonds is 16. The second kappa shape index (κ2) is 23.0. The van der Waals surface area contributed by atoms with Gasteiger partial charge in [0.25, 0.3) is 0 Å². The number of hydrogen-bond donors (Lipinski definition) is 0. The Morgan fingerprint density at radius 1 is 0.213 bits per heavy atom. The van der Waals surface area contributed by atoms with E-state index in [1.54, 1.807) is 28.4 Å². The Hall–Kier alpha value is -11.0. The third-order valence-electron chi connectivity index (χ3n) is 17.6. The number of methoxy groups -OCH3 is 4. The molecule has 14 rings (SSSR count). The van der Waals surface area contributed by atoms with Crippen LogP contribution in [-0.4, -0.2) is 28.4 Å². The van der Waals surface area contributed by atoms with Gasteiger partial charge in [0.05, 0.1) is 33.9 Å². The number of anilines is 12. The molecule has 8 nitrogen and oxygen atoms in total. The highest BCUT2D eigenvalue weighted by atomic mass is 16.5. The molecule has 0 unspecified atom stereocenters. The second-order valence-corrected chi connectivity index (χ2v) is 23.2. The molecule has 1 spiro atoms. The van der Waals surface area contributed by atoms with Crippen molar-refractivity contribution in [1.82, 2.24) is 0 Å². The van der Waals surface area contributed by atoms with Crippen molar-refractivity contribution in [3.63, 3.8) is 0 Å². The predicted molar refractivity (Wildman–Crippen MR) is 367 cm³/mol. The summed E-state index contributed by atoms with van der Waals surface area (Å²) >= 11 is 0. The maximum atomic E-state index is 5.94. The molecule has 2 aliphatic rings. The topological polar surface area (TPSA) is 49.9 Å². The van der Waals surface area contributed by atoms with Crippen LogP contribution in [0.25, 0.3) is 22.3 Å². The fourth-order valence-corrected chi connectivity index (χ4v) is 13.4. The average molecular weight is 1160 g/mol. The van der Waals surface area contributed by atoms with Gasteiger partial charge in [-0.1, -0.05) is 96.1 Å². The van der Waals surface area contributed by atoms with E-state index in [4.69, 9.17) is 18.9 Å². The highest BCUT2D eigenvalue weighted by Gasteiger charge is 2.53. The molecule has 89 heavy (non-hydrogen) atoms. The predicted octanol–water partition coefficient (Wildman–Crippen LogP) is 21.2. The lowest BCUT2D eigenvalue weighted by Gasteiger charge is -2.35. The van der Waals surface area contributed by atoms with Crippen molar-refractivity contribution in [3.05, 3.63) is 311 Å². The van der Waals surface area contributed by atoms with Crippen molar-refractivity contribution in [1.29, 1.82) is 0 Å². The maximum absolute atomic E-state index is 5.94. The molecule has 0 amide bonds. The molecule has 0 bridgehead atoms. The molecule has 436 valence electrons. The number of hydrogen-bond acceptors (Lipinski definition) is 8. The number of aryl methyl sites for hydroxylation is 4. The van der Waals surface area contributed by atoms with Crippen molar-refractivity contribution in [2.24, 2.45) is 0 Å². The molecule has 0 aromatic heterocycles. The van der Waals surface area contributed by atoms with Gasteiger partial charge in [-0.3, -0.25) is 0 Å². The average Bonchev–Trinajstić information content (AvgIpc) is 1.51. The smallest absolute Gasteiger partial charge is 0.120 e. The van der Waals surface area contributed by atoms with Gasteiger partial charge in [-0.2, -0.15) is 0 Å². The normalized spacial score (nSPS) is 12.1. The molecule has 2 aliphatic carbocycles. The number of fused-ring (bicyclic) bond motifs is 10. The zero-order valence-corrected chi connectivity index (χ0v) is 51.3. The monoisotopic (exact) mass is 1160 g/mol. The van der Waals surface area contributed by atoms with E-state index in [9.17, 15) is 0 Å². The first-order valence-electron chi connectivity index (χ1n) is 30.2. The molecular formula is C81H68N4O4. The van der Waals surface area contributed by atoms with Gasteiger partial charge in [0.1, 0.15) is 23.0 Å². The molecule has 0 aliphatic heterocycles. The standard InChI is InChI=1S/C81H68N4O4/c1-53-21-25-57(26-22-53)82(61-15-9-13-55(3)45-61)65-33-41-73-75-43-35-67(84(59-29-37-69(86-5)38-30-59)63-17-11-19-71(47-63)88-7)51-79(75)81(77(73)49-65)78-50-66(83(58-27-23-54(2)24-28-58)62-16-10-14-56(4)46-62)34-42-74(78)76-44-36-68(52-80(76)81)85(60-31-39-70(87-6)40-32-60)64-18-12-20-72(48-64)89-8/h9-52H,1-8H3. The first-order valence-corrected chi connectivity index (χ1v) is 30.2. The van der Waals surface area contributed by atoms with E-state index in [0.29, 0.717) is 0 Å². The molecule has 0 N–H and O–H groups in total. The van der Waals surface area contributed by atoms with Crippen LogP contribution in [-0.2, 0) is 5.41 Å². The van der Waals surface area contributed by atoms with Crippen LogP contribution in [0, 0.1) is 27.7 Å². The molecule has 8 heteroatoms. The van der Waals surface area contributed by atoms with Gasteiger partial charge in [-0.05, 0) is 253 Å². The lowest BCUT2D eigenvalue weighted by molar-refractivity contribution is 0.414. The van der Waals surface area contributed by atoms with Crippen LogP contribution in [0.5, 0.6) is 23.0 Å². The van der Waals surface area contributed by atoms with Crippen molar-refractivity contribution in [3.8, 4) is 45.3 Å². The summed E-state index contributed by atoms with van der Waals surface area (Å²) in [6.45, 7) is 8.64.